The van der Waals surface area contributed by atoms with Crippen LogP contribution >= 0.6 is 0 Å². The maximum absolute atomic E-state index is 10.4. The van der Waals surface area contributed by atoms with Crippen LogP contribution < -0.4 is 0 Å². The van der Waals surface area contributed by atoms with Crippen LogP contribution in [0.4, 0.5) is 0 Å². The molecule has 0 aromatic carbocycles. The Labute approximate surface area is 115 Å². The van der Waals surface area contributed by atoms with Gasteiger partial charge in [-0.05, 0) is 25.2 Å². The summed E-state index contributed by atoms with van der Waals surface area (Å²) in [6.45, 7) is 4.50. The van der Waals surface area contributed by atoms with Crippen molar-refractivity contribution >= 4 is 5.97 Å². The van der Waals surface area contributed by atoms with E-state index in [1.807, 2.05) is 6.07 Å². The number of rotatable bonds is 10. The van der Waals surface area contributed by atoms with Gasteiger partial charge in [-0.2, -0.15) is 0 Å². The first kappa shape index (κ1) is 15.7. The minimum Gasteiger partial charge on any atom is -0.481 e. The van der Waals surface area contributed by atoms with Gasteiger partial charge in [-0.25, -0.2) is 0 Å². The summed E-state index contributed by atoms with van der Waals surface area (Å²) in [6, 6.07) is 1.96. The Bertz CT molecular complexity index is 371. The highest BCUT2D eigenvalue weighted by atomic mass is 16.5. The molecular weight excluding hydrogens is 242 g/mol. The lowest BCUT2D eigenvalue weighted by Gasteiger charge is -2.02. The van der Waals surface area contributed by atoms with E-state index in [2.05, 4.69) is 19.0 Å². The Balaban J connectivity index is 2.14. The van der Waals surface area contributed by atoms with Crippen molar-refractivity contribution in [3.63, 3.8) is 0 Å². The molecule has 0 bridgehead atoms. The van der Waals surface area contributed by atoms with Crippen molar-refractivity contribution in [2.45, 2.75) is 65.2 Å². The van der Waals surface area contributed by atoms with Crippen LogP contribution in [-0.4, -0.2) is 16.2 Å². The Morgan fingerprint density at radius 1 is 1.26 bits per heavy atom. The summed E-state index contributed by atoms with van der Waals surface area (Å²) in [4.78, 5) is 10.4. The summed E-state index contributed by atoms with van der Waals surface area (Å²) in [7, 11) is 0. The molecule has 0 unspecified atom stereocenters. The molecule has 0 saturated heterocycles. The summed E-state index contributed by atoms with van der Waals surface area (Å²) in [6.07, 6.45) is 7.36. The number of unbranched alkanes of at least 4 members (excludes halogenated alkanes) is 2. The largest absolute Gasteiger partial charge is 0.481 e. The van der Waals surface area contributed by atoms with E-state index in [1.165, 1.54) is 19.3 Å². The van der Waals surface area contributed by atoms with Gasteiger partial charge in [0.2, 0.25) is 0 Å². The number of aliphatic carboxylic acids is 1. The Kier molecular flexibility index (Phi) is 7.23. The molecule has 1 aromatic rings. The fourth-order valence-corrected chi connectivity index (χ4v) is 2.04. The smallest absolute Gasteiger partial charge is 0.303 e. The van der Waals surface area contributed by atoms with Crippen LogP contribution in [0.2, 0.25) is 0 Å². The average molecular weight is 267 g/mol. The Hall–Kier alpha value is -1.32. The van der Waals surface area contributed by atoms with Crippen LogP contribution in [-0.2, 0) is 17.6 Å². The second kappa shape index (κ2) is 8.73. The van der Waals surface area contributed by atoms with Crippen LogP contribution in [0.1, 0.15) is 63.8 Å². The summed E-state index contributed by atoms with van der Waals surface area (Å²) in [5, 5.41) is 12.5. The van der Waals surface area contributed by atoms with E-state index in [1.54, 1.807) is 0 Å². The van der Waals surface area contributed by atoms with E-state index in [-0.39, 0.29) is 6.42 Å². The molecule has 0 spiro atoms. The molecule has 0 atom stereocenters. The fraction of sp³-hybridized carbons (Fsp3) is 0.733. The maximum atomic E-state index is 10.4. The third kappa shape index (κ3) is 7.65. The Morgan fingerprint density at radius 3 is 2.74 bits per heavy atom. The van der Waals surface area contributed by atoms with Crippen molar-refractivity contribution in [2.75, 3.05) is 0 Å². The molecule has 1 rings (SSSR count). The maximum Gasteiger partial charge on any atom is 0.303 e. The van der Waals surface area contributed by atoms with E-state index in [9.17, 15) is 4.79 Å². The van der Waals surface area contributed by atoms with E-state index in [4.69, 9.17) is 9.63 Å². The third-order valence-electron chi connectivity index (χ3n) is 3.14. The summed E-state index contributed by atoms with van der Waals surface area (Å²) >= 11 is 0. The molecule has 4 nitrogen and oxygen atoms in total. The molecular formula is C15H25NO3. The zero-order chi connectivity index (χ0) is 14.1. The molecule has 1 aromatic heterocycles. The van der Waals surface area contributed by atoms with Crippen molar-refractivity contribution in [1.82, 2.24) is 5.16 Å². The molecule has 1 heterocycles. The third-order valence-corrected chi connectivity index (χ3v) is 3.14. The number of carboxylic acid groups (broad SMARTS) is 1. The van der Waals surface area contributed by atoms with Crippen LogP contribution in [0.3, 0.4) is 0 Å². The van der Waals surface area contributed by atoms with Crippen LogP contribution in [0.5, 0.6) is 0 Å². The summed E-state index contributed by atoms with van der Waals surface area (Å²) in [5.41, 5.74) is 0.874. The normalized spacial score (nSPS) is 11.1. The van der Waals surface area contributed by atoms with Crippen molar-refractivity contribution in [3.8, 4) is 0 Å². The number of carbonyl (C=O) groups is 1. The summed E-state index contributed by atoms with van der Waals surface area (Å²) < 4.78 is 5.25. The van der Waals surface area contributed by atoms with E-state index >= 15 is 0 Å². The number of carboxylic acids is 1. The van der Waals surface area contributed by atoms with Crippen molar-refractivity contribution in [3.05, 3.63) is 17.5 Å². The van der Waals surface area contributed by atoms with Gasteiger partial charge in [0.15, 0.2) is 0 Å². The molecule has 0 amide bonds. The van der Waals surface area contributed by atoms with Gasteiger partial charge < -0.3 is 9.63 Å². The number of aryl methyl sites for hydroxylation is 2. The molecule has 0 aliphatic heterocycles. The van der Waals surface area contributed by atoms with E-state index < -0.39 is 5.97 Å². The topological polar surface area (TPSA) is 63.3 Å². The van der Waals surface area contributed by atoms with Gasteiger partial charge in [0, 0.05) is 18.9 Å². The molecule has 108 valence electrons. The number of hydrogen-bond acceptors (Lipinski definition) is 3. The monoisotopic (exact) mass is 267 g/mol. The first-order valence-corrected chi connectivity index (χ1v) is 7.24. The number of aromatic nitrogens is 1. The first-order valence-electron chi connectivity index (χ1n) is 7.24. The van der Waals surface area contributed by atoms with E-state index in [0.717, 1.165) is 30.2 Å². The van der Waals surface area contributed by atoms with Crippen LogP contribution in [0.25, 0.3) is 0 Å². The predicted octanol–water partition coefficient (Wildman–Crippen LogP) is 3.84. The SMILES string of the molecule is CC(C)CCCCCc1cc(CCCC(=O)O)no1. The standard InChI is InChI=1S/C15H25NO3/c1-12(2)7-4-3-5-9-14-11-13(16-19-14)8-6-10-15(17)18/h11-12H,3-10H2,1-2H3,(H,17,18). The second-order valence-electron chi connectivity index (χ2n) is 5.53. The zero-order valence-corrected chi connectivity index (χ0v) is 12.0. The highest BCUT2D eigenvalue weighted by Crippen LogP contribution is 2.13. The number of nitrogens with zero attached hydrogens (tertiary/aromatic N) is 1. The fourth-order valence-electron chi connectivity index (χ4n) is 2.04. The van der Waals surface area contributed by atoms with Gasteiger partial charge in [0.05, 0.1) is 5.69 Å². The summed E-state index contributed by atoms with van der Waals surface area (Å²) in [5.74, 6) is 0.954. The minimum atomic E-state index is -0.756. The van der Waals surface area contributed by atoms with Crippen LogP contribution in [0.15, 0.2) is 10.6 Å². The van der Waals surface area contributed by atoms with Gasteiger partial charge in [-0.15, -0.1) is 0 Å². The molecule has 0 fully saturated rings. The molecule has 0 saturated carbocycles. The second-order valence-corrected chi connectivity index (χ2v) is 5.53. The average Bonchev–Trinajstić information content (AvgIpc) is 2.76. The van der Waals surface area contributed by atoms with Crippen molar-refractivity contribution < 1.29 is 14.4 Å². The van der Waals surface area contributed by atoms with Crippen molar-refractivity contribution in [1.29, 1.82) is 0 Å². The van der Waals surface area contributed by atoms with Gasteiger partial charge in [0.1, 0.15) is 5.76 Å². The molecule has 4 heteroatoms. The van der Waals surface area contributed by atoms with Crippen molar-refractivity contribution in [2.24, 2.45) is 5.92 Å². The van der Waals surface area contributed by atoms with Gasteiger partial charge in [0.25, 0.3) is 0 Å². The number of hydrogen-bond donors (Lipinski definition) is 1. The zero-order valence-electron chi connectivity index (χ0n) is 12.0. The molecule has 0 radical (unpaired) electrons. The lowest BCUT2D eigenvalue weighted by Crippen LogP contribution is -1.95. The molecule has 0 aliphatic carbocycles. The minimum absolute atomic E-state index is 0.192. The quantitative estimate of drug-likeness (QED) is 0.654. The first-order chi connectivity index (χ1) is 9.08. The lowest BCUT2D eigenvalue weighted by molar-refractivity contribution is -0.137. The molecule has 0 aliphatic rings. The molecule has 19 heavy (non-hydrogen) atoms. The lowest BCUT2D eigenvalue weighted by atomic mass is 10.0. The Morgan fingerprint density at radius 2 is 2.05 bits per heavy atom. The van der Waals surface area contributed by atoms with Gasteiger partial charge in [-0.3, -0.25) is 4.79 Å². The highest BCUT2D eigenvalue weighted by Gasteiger charge is 2.05. The van der Waals surface area contributed by atoms with Crippen LogP contribution in [0, 0.1) is 5.92 Å². The van der Waals surface area contributed by atoms with Gasteiger partial charge >= 0.3 is 5.97 Å². The van der Waals surface area contributed by atoms with E-state index in [0.29, 0.717) is 12.8 Å². The van der Waals surface area contributed by atoms with Gasteiger partial charge in [-0.1, -0.05) is 38.3 Å². The predicted molar refractivity (Wildman–Crippen MR) is 74.1 cm³/mol. The molecule has 1 N–H and O–H groups in total. The highest BCUT2D eigenvalue weighted by molar-refractivity contribution is 5.66.